The average Bonchev–Trinajstić information content (AvgIpc) is 2.53. The third-order valence-corrected chi connectivity index (χ3v) is 2.07. The van der Waals surface area contributed by atoms with Crippen molar-refractivity contribution in [1.82, 2.24) is 0 Å². The summed E-state index contributed by atoms with van der Waals surface area (Å²) < 4.78 is 17.4. The first-order valence-electron chi connectivity index (χ1n) is 3.71. The van der Waals surface area contributed by atoms with Gasteiger partial charge in [-0.15, -0.1) is 11.3 Å². The minimum atomic E-state index is -0.477. The Morgan fingerprint density at radius 2 is 2.54 bits per heavy atom. The Balaban J connectivity index is 2.47. The molecular formula is C9H9FO2S. The van der Waals surface area contributed by atoms with Gasteiger partial charge in [0.05, 0.1) is 0 Å². The van der Waals surface area contributed by atoms with E-state index in [2.05, 4.69) is 4.74 Å². The maximum atomic E-state index is 12.9. The van der Waals surface area contributed by atoms with Crippen molar-refractivity contribution >= 4 is 23.4 Å². The third kappa shape index (κ3) is 3.85. The molecule has 0 atom stereocenters. The highest BCUT2D eigenvalue weighted by Gasteiger charge is 1.99. The molecule has 0 radical (unpaired) electrons. The number of carbonyl (C=O) groups excluding carboxylic acids is 1. The molecule has 4 heteroatoms. The van der Waals surface area contributed by atoms with E-state index < -0.39 is 11.8 Å². The van der Waals surface area contributed by atoms with E-state index >= 15 is 0 Å². The van der Waals surface area contributed by atoms with E-state index in [0.717, 1.165) is 4.88 Å². The van der Waals surface area contributed by atoms with Crippen LogP contribution in [0.2, 0.25) is 0 Å². The van der Waals surface area contributed by atoms with E-state index in [0.29, 0.717) is 0 Å². The molecule has 1 aromatic heterocycles. The average molecular weight is 200 g/mol. The zero-order valence-corrected chi connectivity index (χ0v) is 7.94. The molecule has 1 aromatic rings. The number of thiophene rings is 1. The summed E-state index contributed by atoms with van der Waals surface area (Å²) in [6, 6.07) is 3.62. The third-order valence-electron chi connectivity index (χ3n) is 1.26. The normalized spacial score (nSPS) is 11.4. The Hall–Kier alpha value is -1.16. The zero-order chi connectivity index (χ0) is 9.68. The van der Waals surface area contributed by atoms with Crippen molar-refractivity contribution in [3.05, 3.63) is 28.2 Å². The SMILES string of the molecule is CC(=O)OC/C(F)=C/c1cccs1. The molecule has 0 spiro atoms. The summed E-state index contributed by atoms with van der Waals surface area (Å²) in [4.78, 5) is 11.1. The number of hydrogen-bond acceptors (Lipinski definition) is 3. The van der Waals surface area contributed by atoms with Crippen LogP contribution in [0.5, 0.6) is 0 Å². The molecule has 1 rings (SSSR count). The van der Waals surface area contributed by atoms with Crippen molar-refractivity contribution < 1.29 is 13.9 Å². The first-order valence-corrected chi connectivity index (χ1v) is 4.59. The number of carbonyl (C=O) groups is 1. The molecule has 0 aliphatic carbocycles. The van der Waals surface area contributed by atoms with Gasteiger partial charge >= 0.3 is 5.97 Å². The van der Waals surface area contributed by atoms with Gasteiger partial charge in [-0.1, -0.05) is 6.07 Å². The summed E-state index contributed by atoms with van der Waals surface area (Å²) >= 11 is 1.43. The minimum absolute atomic E-state index is 0.284. The molecule has 0 unspecified atom stereocenters. The molecule has 0 aliphatic heterocycles. The van der Waals surface area contributed by atoms with E-state index in [4.69, 9.17) is 0 Å². The standard InChI is InChI=1S/C9H9FO2S/c1-7(11)12-6-8(10)5-9-3-2-4-13-9/h2-5H,6H2,1H3/b8-5-. The number of esters is 1. The second-order valence-electron chi connectivity index (χ2n) is 2.39. The molecule has 1 heterocycles. The summed E-state index contributed by atoms with van der Waals surface area (Å²) in [5, 5.41) is 1.85. The van der Waals surface area contributed by atoms with Crippen LogP contribution in [-0.2, 0) is 9.53 Å². The van der Waals surface area contributed by atoms with E-state index in [9.17, 15) is 9.18 Å². The van der Waals surface area contributed by atoms with Crippen LogP contribution in [0.15, 0.2) is 23.3 Å². The largest absolute Gasteiger partial charge is 0.459 e. The van der Waals surface area contributed by atoms with E-state index in [1.807, 2.05) is 11.4 Å². The van der Waals surface area contributed by atoms with Gasteiger partial charge in [0.1, 0.15) is 12.4 Å². The maximum Gasteiger partial charge on any atom is 0.303 e. The molecule has 0 bridgehead atoms. The molecule has 0 amide bonds. The van der Waals surface area contributed by atoms with E-state index in [1.165, 1.54) is 24.3 Å². The number of rotatable bonds is 3. The Kier molecular flexibility index (Phi) is 3.64. The fourth-order valence-electron chi connectivity index (χ4n) is 0.740. The van der Waals surface area contributed by atoms with Crippen molar-refractivity contribution in [2.24, 2.45) is 0 Å². The monoisotopic (exact) mass is 200 g/mol. The summed E-state index contributed by atoms with van der Waals surface area (Å²) in [7, 11) is 0. The van der Waals surface area contributed by atoms with Crippen LogP contribution in [0.1, 0.15) is 11.8 Å². The lowest BCUT2D eigenvalue weighted by Crippen LogP contribution is -2.00. The Bertz CT molecular complexity index is 303. The second kappa shape index (κ2) is 4.77. The van der Waals surface area contributed by atoms with Crippen LogP contribution in [0.4, 0.5) is 4.39 Å². The maximum absolute atomic E-state index is 12.9. The van der Waals surface area contributed by atoms with Crippen LogP contribution in [-0.4, -0.2) is 12.6 Å². The van der Waals surface area contributed by atoms with Crippen LogP contribution >= 0.6 is 11.3 Å². The summed E-state index contributed by atoms with van der Waals surface area (Å²) in [6.07, 6.45) is 1.35. The van der Waals surface area contributed by atoms with E-state index in [-0.39, 0.29) is 6.61 Å². The molecular weight excluding hydrogens is 191 g/mol. The molecule has 0 N–H and O–H groups in total. The van der Waals surface area contributed by atoms with Gasteiger partial charge in [-0.25, -0.2) is 4.39 Å². The van der Waals surface area contributed by atoms with E-state index in [1.54, 1.807) is 6.07 Å². The Labute approximate surface area is 79.6 Å². The quantitative estimate of drug-likeness (QED) is 0.701. The van der Waals surface area contributed by atoms with Gasteiger partial charge in [0.2, 0.25) is 0 Å². The fraction of sp³-hybridized carbons (Fsp3) is 0.222. The van der Waals surface area contributed by atoms with Gasteiger partial charge < -0.3 is 4.74 Å². The van der Waals surface area contributed by atoms with Crippen LogP contribution in [0.3, 0.4) is 0 Å². The molecule has 0 saturated heterocycles. The molecule has 0 saturated carbocycles. The Morgan fingerprint density at radius 3 is 3.08 bits per heavy atom. The molecule has 2 nitrogen and oxygen atoms in total. The molecule has 70 valence electrons. The van der Waals surface area contributed by atoms with Crippen molar-refractivity contribution in [2.45, 2.75) is 6.92 Å². The van der Waals surface area contributed by atoms with Gasteiger partial charge in [0.25, 0.3) is 0 Å². The Morgan fingerprint density at radius 1 is 1.77 bits per heavy atom. The lowest BCUT2D eigenvalue weighted by atomic mass is 10.4. The molecule has 0 fully saturated rings. The van der Waals surface area contributed by atoms with Gasteiger partial charge in [0, 0.05) is 11.8 Å². The minimum Gasteiger partial charge on any atom is -0.459 e. The van der Waals surface area contributed by atoms with Gasteiger partial charge in [0.15, 0.2) is 0 Å². The van der Waals surface area contributed by atoms with Crippen LogP contribution in [0.25, 0.3) is 6.08 Å². The molecule has 0 aromatic carbocycles. The smallest absolute Gasteiger partial charge is 0.303 e. The number of ether oxygens (including phenoxy) is 1. The van der Waals surface area contributed by atoms with Crippen LogP contribution in [0, 0.1) is 0 Å². The van der Waals surface area contributed by atoms with Gasteiger partial charge in [-0.3, -0.25) is 4.79 Å². The summed E-state index contributed by atoms with van der Waals surface area (Å²) in [6.45, 7) is 0.964. The summed E-state index contributed by atoms with van der Waals surface area (Å²) in [5.74, 6) is -0.924. The highest BCUT2D eigenvalue weighted by Crippen LogP contribution is 2.13. The fourth-order valence-corrected chi connectivity index (χ4v) is 1.41. The topological polar surface area (TPSA) is 26.3 Å². The van der Waals surface area contributed by atoms with Crippen molar-refractivity contribution in [3.8, 4) is 0 Å². The predicted octanol–water partition coefficient (Wildman–Crippen LogP) is 2.62. The highest BCUT2D eigenvalue weighted by atomic mass is 32.1. The van der Waals surface area contributed by atoms with Gasteiger partial charge in [-0.05, 0) is 17.5 Å². The van der Waals surface area contributed by atoms with Crippen molar-refractivity contribution in [3.63, 3.8) is 0 Å². The van der Waals surface area contributed by atoms with Crippen LogP contribution < -0.4 is 0 Å². The van der Waals surface area contributed by atoms with Crippen molar-refractivity contribution in [1.29, 1.82) is 0 Å². The lowest BCUT2D eigenvalue weighted by molar-refractivity contribution is -0.140. The second-order valence-corrected chi connectivity index (χ2v) is 3.37. The lowest BCUT2D eigenvalue weighted by Gasteiger charge is -1.97. The molecule has 13 heavy (non-hydrogen) atoms. The van der Waals surface area contributed by atoms with Gasteiger partial charge in [-0.2, -0.15) is 0 Å². The molecule has 0 aliphatic rings. The first kappa shape index (κ1) is 9.92. The zero-order valence-electron chi connectivity index (χ0n) is 7.12. The first-order chi connectivity index (χ1) is 6.18. The number of halogens is 1. The highest BCUT2D eigenvalue weighted by molar-refractivity contribution is 7.10. The van der Waals surface area contributed by atoms with Crippen molar-refractivity contribution in [2.75, 3.05) is 6.61 Å². The number of hydrogen-bond donors (Lipinski definition) is 0. The predicted molar refractivity (Wildman–Crippen MR) is 50.0 cm³/mol. The summed E-state index contributed by atoms with van der Waals surface area (Å²) in [5.41, 5.74) is 0.